The number of carbonyl (C=O) groups is 1. The molecule has 4 heterocycles. The summed E-state index contributed by atoms with van der Waals surface area (Å²) in [5.74, 6) is -0.0688. The molecule has 35 heavy (non-hydrogen) atoms. The molecule has 3 aromatic rings. The second-order valence-electron chi connectivity index (χ2n) is 10.5. The van der Waals surface area contributed by atoms with Crippen LogP contribution in [0.5, 0.6) is 0 Å². The van der Waals surface area contributed by atoms with Gasteiger partial charge in [0.05, 0.1) is 17.3 Å². The fraction of sp³-hybridized carbons (Fsp3) is 0.520. The molecule has 1 aliphatic rings. The molecule has 188 valence electrons. The number of amides is 1. The van der Waals surface area contributed by atoms with Gasteiger partial charge in [-0.3, -0.25) is 10.00 Å². The Labute approximate surface area is 204 Å². The van der Waals surface area contributed by atoms with Crippen LogP contribution in [0, 0.1) is 11.7 Å². The Hall–Kier alpha value is -3.27. The van der Waals surface area contributed by atoms with Gasteiger partial charge in [0, 0.05) is 31.2 Å². The zero-order chi connectivity index (χ0) is 25.5. The van der Waals surface area contributed by atoms with Gasteiger partial charge >= 0.3 is 6.09 Å². The number of aromatic amines is 1. The van der Waals surface area contributed by atoms with Gasteiger partial charge in [0.15, 0.2) is 11.5 Å². The monoisotopic (exact) mass is 484 g/mol. The Kier molecular flexibility index (Phi) is 6.44. The van der Waals surface area contributed by atoms with Gasteiger partial charge in [0.25, 0.3) is 0 Å². The van der Waals surface area contributed by atoms with Crippen molar-refractivity contribution in [1.29, 1.82) is 0 Å². The number of hydrogen-bond donors (Lipinski definition) is 2. The molecule has 0 aromatic carbocycles. The number of hydrogen-bond acceptors (Lipinski definition) is 7. The van der Waals surface area contributed by atoms with Crippen molar-refractivity contribution in [2.75, 3.05) is 24.5 Å². The van der Waals surface area contributed by atoms with Crippen molar-refractivity contribution in [2.45, 2.75) is 58.8 Å². The number of pyridine rings is 2. The Bertz CT molecular complexity index is 1220. The Morgan fingerprint density at radius 3 is 2.66 bits per heavy atom. The molecule has 2 N–H and O–H groups in total. The van der Waals surface area contributed by atoms with Crippen molar-refractivity contribution < 1.29 is 19.0 Å². The van der Waals surface area contributed by atoms with Crippen molar-refractivity contribution in [2.24, 2.45) is 5.92 Å². The fourth-order valence-corrected chi connectivity index (χ4v) is 4.23. The number of aromatic nitrogens is 4. The lowest BCUT2D eigenvalue weighted by atomic mass is 9.83. The van der Waals surface area contributed by atoms with Gasteiger partial charge < -0.3 is 14.7 Å². The van der Waals surface area contributed by atoms with Crippen LogP contribution in [0.25, 0.3) is 22.4 Å². The van der Waals surface area contributed by atoms with Crippen LogP contribution in [0.2, 0.25) is 0 Å². The van der Waals surface area contributed by atoms with E-state index in [4.69, 9.17) is 4.74 Å². The number of piperazine rings is 1. The van der Waals surface area contributed by atoms with Crippen molar-refractivity contribution in [3.63, 3.8) is 0 Å². The summed E-state index contributed by atoms with van der Waals surface area (Å²) in [5, 5.41) is 19.1. The summed E-state index contributed by atoms with van der Waals surface area (Å²) in [5.41, 5.74) is -0.778. The first-order chi connectivity index (χ1) is 16.4. The summed E-state index contributed by atoms with van der Waals surface area (Å²) in [7, 11) is 0. The van der Waals surface area contributed by atoms with E-state index in [2.05, 4.69) is 20.2 Å². The highest BCUT2D eigenvalue weighted by Gasteiger charge is 2.45. The maximum atomic E-state index is 14.9. The van der Waals surface area contributed by atoms with E-state index in [0.29, 0.717) is 42.2 Å². The number of fused-ring (bicyclic) bond motifs is 1. The summed E-state index contributed by atoms with van der Waals surface area (Å²) in [4.78, 5) is 25.4. The summed E-state index contributed by atoms with van der Waals surface area (Å²) in [6, 6.07) is 6.00. The van der Waals surface area contributed by atoms with Gasteiger partial charge in [0.1, 0.15) is 17.1 Å². The average molecular weight is 485 g/mol. The van der Waals surface area contributed by atoms with E-state index in [0.717, 1.165) is 0 Å². The van der Waals surface area contributed by atoms with Crippen LogP contribution in [0.3, 0.4) is 0 Å². The van der Waals surface area contributed by atoms with E-state index < -0.39 is 29.2 Å². The first kappa shape index (κ1) is 24.8. The van der Waals surface area contributed by atoms with E-state index in [1.165, 1.54) is 6.07 Å². The van der Waals surface area contributed by atoms with Crippen LogP contribution >= 0.6 is 0 Å². The highest BCUT2D eigenvalue weighted by molar-refractivity contribution is 5.89. The standard InChI is InChI=1S/C25H33FN6O3/c1-15(2)25(6,34)18-14-31(12-13-32(18)23(33)35-24(3,4)5)19-10-9-17(26)21(28-19)20-16-8-7-11-27-22(16)30-29-20/h7-11,15,18,34H,12-14H2,1-6H3,(H,27,29,30). The van der Waals surface area contributed by atoms with Crippen molar-refractivity contribution >= 4 is 22.9 Å². The van der Waals surface area contributed by atoms with Crippen LogP contribution in [0.15, 0.2) is 30.5 Å². The molecule has 0 bridgehead atoms. The van der Waals surface area contributed by atoms with E-state index >= 15 is 0 Å². The molecular weight excluding hydrogens is 451 g/mol. The number of nitrogens with zero attached hydrogens (tertiary/aromatic N) is 5. The van der Waals surface area contributed by atoms with Crippen LogP contribution in [0.1, 0.15) is 41.5 Å². The predicted octanol–water partition coefficient (Wildman–Crippen LogP) is 3.99. The smallest absolute Gasteiger partial charge is 0.410 e. The zero-order valence-electron chi connectivity index (χ0n) is 21.0. The van der Waals surface area contributed by atoms with E-state index in [1.807, 2.05) is 45.6 Å². The summed E-state index contributed by atoms with van der Waals surface area (Å²) in [6.07, 6.45) is 1.16. The number of anilines is 1. The number of halogens is 1. The highest BCUT2D eigenvalue weighted by atomic mass is 19.1. The number of H-pyrrole nitrogens is 1. The minimum absolute atomic E-state index is 0.127. The molecule has 2 unspecified atom stereocenters. The largest absolute Gasteiger partial charge is 0.444 e. The molecule has 0 saturated carbocycles. The third kappa shape index (κ3) is 4.93. The minimum Gasteiger partial charge on any atom is -0.444 e. The molecule has 4 rings (SSSR count). The Balaban J connectivity index is 1.67. The maximum absolute atomic E-state index is 14.9. The van der Waals surface area contributed by atoms with Crippen LogP contribution in [-0.2, 0) is 4.74 Å². The lowest BCUT2D eigenvalue weighted by Gasteiger charge is -2.49. The van der Waals surface area contributed by atoms with E-state index in [1.54, 1.807) is 30.2 Å². The molecule has 3 aromatic heterocycles. The summed E-state index contributed by atoms with van der Waals surface area (Å²) in [6.45, 7) is 12.1. The predicted molar refractivity (Wildman–Crippen MR) is 131 cm³/mol. The van der Waals surface area contributed by atoms with Gasteiger partial charge in [-0.1, -0.05) is 13.8 Å². The Morgan fingerprint density at radius 1 is 1.23 bits per heavy atom. The molecular formula is C25H33FN6O3. The molecule has 0 radical (unpaired) electrons. The first-order valence-electron chi connectivity index (χ1n) is 11.8. The number of aliphatic hydroxyl groups is 1. The summed E-state index contributed by atoms with van der Waals surface area (Å²) < 4.78 is 20.5. The van der Waals surface area contributed by atoms with Gasteiger partial charge in [-0.15, -0.1) is 0 Å². The molecule has 1 saturated heterocycles. The molecule has 0 aliphatic carbocycles. The van der Waals surface area contributed by atoms with Crippen LogP contribution < -0.4 is 4.90 Å². The van der Waals surface area contributed by atoms with Crippen LogP contribution in [0.4, 0.5) is 15.0 Å². The van der Waals surface area contributed by atoms with Crippen molar-refractivity contribution in [1.82, 2.24) is 25.1 Å². The van der Waals surface area contributed by atoms with Gasteiger partial charge in [-0.25, -0.2) is 19.2 Å². The minimum atomic E-state index is -1.19. The van der Waals surface area contributed by atoms with E-state index in [9.17, 15) is 14.3 Å². The Morgan fingerprint density at radius 2 is 1.97 bits per heavy atom. The molecule has 1 aliphatic heterocycles. The van der Waals surface area contributed by atoms with Gasteiger partial charge in [-0.2, -0.15) is 5.10 Å². The normalized spacial score (nSPS) is 18.7. The number of rotatable bonds is 4. The molecule has 9 nitrogen and oxygen atoms in total. The SMILES string of the molecule is CC(C)C(C)(O)C1CN(c2ccc(F)c(-c3[nH]nc4ncccc34)n2)CCN1C(=O)OC(C)(C)C. The molecule has 0 spiro atoms. The van der Waals surface area contributed by atoms with Gasteiger partial charge in [-0.05, 0) is 57.9 Å². The molecule has 2 atom stereocenters. The molecule has 1 amide bonds. The molecule has 10 heteroatoms. The number of carbonyl (C=O) groups excluding carboxylic acids is 1. The zero-order valence-corrected chi connectivity index (χ0v) is 21.0. The topological polar surface area (TPSA) is 107 Å². The molecule has 1 fully saturated rings. The maximum Gasteiger partial charge on any atom is 0.410 e. The quantitative estimate of drug-likeness (QED) is 0.576. The van der Waals surface area contributed by atoms with Crippen molar-refractivity contribution in [3.8, 4) is 11.4 Å². The third-order valence-electron chi connectivity index (χ3n) is 6.57. The summed E-state index contributed by atoms with van der Waals surface area (Å²) >= 11 is 0. The lowest BCUT2D eigenvalue weighted by molar-refractivity contribution is -0.0740. The van der Waals surface area contributed by atoms with Gasteiger partial charge in [0.2, 0.25) is 0 Å². The number of nitrogens with one attached hydrogen (secondary N) is 1. The lowest BCUT2D eigenvalue weighted by Crippen LogP contribution is -2.65. The fourth-order valence-electron chi connectivity index (χ4n) is 4.23. The second-order valence-corrected chi connectivity index (χ2v) is 10.5. The average Bonchev–Trinajstić information content (AvgIpc) is 3.22. The van der Waals surface area contributed by atoms with Crippen molar-refractivity contribution in [3.05, 3.63) is 36.3 Å². The number of ether oxygens (including phenoxy) is 1. The van der Waals surface area contributed by atoms with Crippen LogP contribution in [-0.4, -0.2) is 73.1 Å². The van der Waals surface area contributed by atoms with E-state index in [-0.39, 0.29) is 11.6 Å². The first-order valence-corrected chi connectivity index (χ1v) is 11.8. The second kappa shape index (κ2) is 9.07. The third-order valence-corrected chi connectivity index (χ3v) is 6.57. The highest BCUT2D eigenvalue weighted by Crippen LogP contribution is 2.32.